The molecule has 0 radical (unpaired) electrons. The first-order valence-corrected chi connectivity index (χ1v) is 6.03. The van der Waals surface area contributed by atoms with Gasteiger partial charge in [-0.05, 0) is 24.7 Å². The average Bonchev–Trinajstić information content (AvgIpc) is 2.03. The summed E-state index contributed by atoms with van der Waals surface area (Å²) < 4.78 is 38.8. The number of halogens is 1. The van der Waals surface area contributed by atoms with E-state index in [1.807, 2.05) is 6.92 Å². The molecule has 0 aliphatic carbocycles. The zero-order valence-electron chi connectivity index (χ0n) is 7.75. The molecule has 0 unspecified atom stereocenters. The van der Waals surface area contributed by atoms with Gasteiger partial charge in [-0.15, -0.1) is 3.89 Å². The van der Waals surface area contributed by atoms with Gasteiger partial charge in [0.15, 0.2) is 0 Å². The Hall–Kier alpha value is -0.160. The highest BCUT2D eigenvalue weighted by molar-refractivity contribution is 7.86. The third-order valence-corrected chi connectivity index (χ3v) is 3.74. The lowest BCUT2D eigenvalue weighted by atomic mass is 9.80. The van der Waals surface area contributed by atoms with Crippen LogP contribution in [-0.2, 0) is 15.0 Å². The zero-order chi connectivity index (χ0) is 9.95. The van der Waals surface area contributed by atoms with E-state index < -0.39 is 10.2 Å². The number of hydrogen-bond acceptors (Lipinski definition) is 3. The van der Waals surface area contributed by atoms with Gasteiger partial charge in [0.1, 0.15) is 0 Å². The molecule has 0 bridgehead atoms. The Morgan fingerprint density at radius 2 is 1.92 bits per heavy atom. The molecule has 5 heteroatoms. The summed E-state index contributed by atoms with van der Waals surface area (Å²) in [6, 6.07) is 0. The van der Waals surface area contributed by atoms with Crippen LogP contribution in [0, 0.1) is 5.41 Å². The van der Waals surface area contributed by atoms with E-state index in [0.29, 0.717) is 32.5 Å². The number of ether oxygens (including phenoxy) is 1. The molecule has 0 aromatic heterocycles. The van der Waals surface area contributed by atoms with Crippen LogP contribution in [0.1, 0.15) is 26.2 Å². The number of hydrogen-bond donors (Lipinski definition) is 0. The van der Waals surface area contributed by atoms with Crippen molar-refractivity contribution in [3.05, 3.63) is 0 Å². The second kappa shape index (κ2) is 3.92. The Kier molecular flexibility index (Phi) is 3.29. The summed E-state index contributed by atoms with van der Waals surface area (Å²) in [7, 11) is -4.35. The largest absolute Gasteiger partial charge is 0.381 e. The fraction of sp³-hybridized carbons (Fsp3) is 1.00. The summed E-state index contributed by atoms with van der Waals surface area (Å²) in [5.74, 6) is -0.347. The minimum atomic E-state index is -4.35. The van der Waals surface area contributed by atoms with Gasteiger partial charge in [0, 0.05) is 13.2 Å². The van der Waals surface area contributed by atoms with Crippen LogP contribution in [-0.4, -0.2) is 27.4 Å². The molecule has 1 fully saturated rings. The maximum absolute atomic E-state index is 12.5. The lowest BCUT2D eigenvalue weighted by Crippen LogP contribution is -2.34. The molecular formula is C8H15FO3S. The summed E-state index contributed by atoms with van der Waals surface area (Å²) >= 11 is 0. The van der Waals surface area contributed by atoms with Gasteiger partial charge in [0.25, 0.3) is 0 Å². The highest BCUT2D eigenvalue weighted by Gasteiger charge is 2.35. The van der Waals surface area contributed by atoms with E-state index in [1.165, 1.54) is 0 Å². The van der Waals surface area contributed by atoms with Crippen LogP contribution < -0.4 is 0 Å². The van der Waals surface area contributed by atoms with Crippen LogP contribution in [0.15, 0.2) is 0 Å². The van der Waals surface area contributed by atoms with Crippen molar-refractivity contribution in [1.82, 2.24) is 0 Å². The Balaban J connectivity index is 2.68. The molecule has 0 spiro atoms. The van der Waals surface area contributed by atoms with Crippen molar-refractivity contribution < 1.29 is 17.0 Å². The van der Waals surface area contributed by atoms with E-state index in [2.05, 4.69) is 0 Å². The predicted molar refractivity (Wildman–Crippen MR) is 47.7 cm³/mol. The summed E-state index contributed by atoms with van der Waals surface area (Å²) in [5, 5.41) is 0. The van der Waals surface area contributed by atoms with Crippen molar-refractivity contribution in [1.29, 1.82) is 0 Å². The first kappa shape index (κ1) is 10.9. The van der Waals surface area contributed by atoms with Crippen molar-refractivity contribution >= 4 is 10.2 Å². The Labute approximate surface area is 78.5 Å². The molecule has 78 valence electrons. The third-order valence-electron chi connectivity index (χ3n) is 2.78. The van der Waals surface area contributed by atoms with Gasteiger partial charge in [-0.2, -0.15) is 8.42 Å². The molecule has 1 rings (SSSR count). The van der Waals surface area contributed by atoms with E-state index in [0.717, 1.165) is 0 Å². The summed E-state index contributed by atoms with van der Waals surface area (Å²) in [6.45, 7) is 2.99. The molecule has 0 aromatic carbocycles. The predicted octanol–water partition coefficient (Wildman–Crippen LogP) is 1.49. The van der Waals surface area contributed by atoms with Gasteiger partial charge < -0.3 is 4.74 Å². The molecule has 1 aliphatic heterocycles. The Morgan fingerprint density at radius 3 is 2.31 bits per heavy atom. The van der Waals surface area contributed by atoms with Crippen LogP contribution in [0.5, 0.6) is 0 Å². The summed E-state index contributed by atoms with van der Waals surface area (Å²) in [6.07, 6.45) is 1.98. The van der Waals surface area contributed by atoms with Crippen LogP contribution in [0.3, 0.4) is 0 Å². The van der Waals surface area contributed by atoms with E-state index in [1.54, 1.807) is 0 Å². The van der Waals surface area contributed by atoms with Gasteiger partial charge >= 0.3 is 10.2 Å². The first-order valence-electron chi connectivity index (χ1n) is 4.47. The maximum Gasteiger partial charge on any atom is 0.302 e. The Bertz CT molecular complexity index is 255. The molecule has 0 amide bonds. The molecule has 0 atom stereocenters. The quantitative estimate of drug-likeness (QED) is 0.663. The first-order chi connectivity index (χ1) is 5.97. The van der Waals surface area contributed by atoms with Crippen molar-refractivity contribution in [2.24, 2.45) is 5.41 Å². The van der Waals surface area contributed by atoms with Gasteiger partial charge in [0.2, 0.25) is 0 Å². The van der Waals surface area contributed by atoms with Crippen LogP contribution in [0.4, 0.5) is 3.89 Å². The molecule has 13 heavy (non-hydrogen) atoms. The van der Waals surface area contributed by atoms with E-state index >= 15 is 0 Å². The molecule has 1 heterocycles. The van der Waals surface area contributed by atoms with E-state index in [-0.39, 0.29) is 11.2 Å². The molecule has 1 saturated heterocycles. The number of rotatable bonds is 3. The third kappa shape index (κ3) is 3.23. The average molecular weight is 210 g/mol. The van der Waals surface area contributed by atoms with Crippen molar-refractivity contribution in [3.8, 4) is 0 Å². The lowest BCUT2D eigenvalue weighted by Gasteiger charge is -2.34. The van der Waals surface area contributed by atoms with Crippen LogP contribution in [0.2, 0.25) is 0 Å². The van der Waals surface area contributed by atoms with Gasteiger partial charge in [0.05, 0.1) is 5.75 Å². The molecule has 0 N–H and O–H groups in total. The normalized spacial score (nSPS) is 22.9. The van der Waals surface area contributed by atoms with Crippen molar-refractivity contribution in [3.63, 3.8) is 0 Å². The van der Waals surface area contributed by atoms with Gasteiger partial charge in [-0.25, -0.2) is 0 Å². The van der Waals surface area contributed by atoms with Gasteiger partial charge in [-0.1, -0.05) is 6.92 Å². The van der Waals surface area contributed by atoms with Crippen molar-refractivity contribution in [2.75, 3.05) is 19.0 Å². The second-order valence-corrected chi connectivity index (χ2v) is 5.02. The minimum absolute atomic E-state index is 0.347. The fourth-order valence-corrected chi connectivity index (χ4v) is 2.99. The zero-order valence-corrected chi connectivity index (χ0v) is 8.57. The topological polar surface area (TPSA) is 43.4 Å². The second-order valence-electron chi connectivity index (χ2n) is 3.65. The monoisotopic (exact) mass is 210 g/mol. The summed E-state index contributed by atoms with van der Waals surface area (Å²) in [4.78, 5) is 0. The van der Waals surface area contributed by atoms with Crippen LogP contribution >= 0.6 is 0 Å². The molecule has 3 nitrogen and oxygen atoms in total. The molecule has 0 aromatic rings. The maximum atomic E-state index is 12.5. The summed E-state index contributed by atoms with van der Waals surface area (Å²) in [5.41, 5.74) is -0.383. The molecule has 1 aliphatic rings. The fourth-order valence-electron chi connectivity index (χ4n) is 1.77. The molecule has 0 saturated carbocycles. The minimum Gasteiger partial charge on any atom is -0.381 e. The van der Waals surface area contributed by atoms with E-state index in [4.69, 9.17) is 4.74 Å². The van der Waals surface area contributed by atoms with Crippen molar-refractivity contribution in [2.45, 2.75) is 26.2 Å². The van der Waals surface area contributed by atoms with E-state index in [9.17, 15) is 12.3 Å². The lowest BCUT2D eigenvalue weighted by molar-refractivity contribution is 0.0234. The standard InChI is InChI=1S/C8H15FO3S/c1-2-8(7-13(9,10)11)3-5-12-6-4-8/h2-7H2,1H3. The SMILES string of the molecule is CCC1(CS(=O)(=O)F)CCOCC1. The highest BCUT2D eigenvalue weighted by Crippen LogP contribution is 2.35. The smallest absolute Gasteiger partial charge is 0.302 e. The molecular weight excluding hydrogens is 195 g/mol. The Morgan fingerprint density at radius 1 is 1.38 bits per heavy atom. The highest BCUT2D eigenvalue weighted by atomic mass is 32.3. The van der Waals surface area contributed by atoms with Crippen LogP contribution in [0.25, 0.3) is 0 Å². The van der Waals surface area contributed by atoms with Gasteiger partial charge in [-0.3, -0.25) is 0 Å².